The van der Waals surface area contributed by atoms with Crippen LogP contribution in [0.25, 0.3) is 0 Å². The first kappa shape index (κ1) is 8.94. The molecule has 0 atom stereocenters. The van der Waals surface area contributed by atoms with Gasteiger partial charge >= 0.3 is 0 Å². The quantitative estimate of drug-likeness (QED) is 0.670. The van der Waals surface area contributed by atoms with Crippen molar-refractivity contribution in [3.63, 3.8) is 0 Å². The first-order valence-electron chi connectivity index (χ1n) is 4.09. The Hall–Kier alpha value is -1.15. The Labute approximate surface area is 73.1 Å². The molecule has 0 fully saturated rings. The molecule has 0 saturated carbocycles. The van der Waals surface area contributed by atoms with Gasteiger partial charge in [-0.1, -0.05) is 29.8 Å². The van der Waals surface area contributed by atoms with E-state index < -0.39 is 0 Å². The van der Waals surface area contributed by atoms with Gasteiger partial charge < -0.3 is 5.73 Å². The van der Waals surface area contributed by atoms with Crippen LogP contribution in [0.2, 0.25) is 0 Å². The summed E-state index contributed by atoms with van der Waals surface area (Å²) in [4.78, 5) is 4.14. The molecule has 0 heterocycles. The number of aryl methyl sites for hydroxylation is 1. The molecule has 1 aromatic carbocycles. The average molecular weight is 162 g/mol. The van der Waals surface area contributed by atoms with E-state index in [0.717, 1.165) is 5.56 Å². The monoisotopic (exact) mass is 162 g/mol. The van der Waals surface area contributed by atoms with Gasteiger partial charge in [0.2, 0.25) is 0 Å². The molecule has 1 rings (SSSR count). The van der Waals surface area contributed by atoms with Gasteiger partial charge in [0.1, 0.15) is 0 Å². The summed E-state index contributed by atoms with van der Waals surface area (Å²) in [5, 5.41) is 0. The summed E-state index contributed by atoms with van der Waals surface area (Å²) < 4.78 is 0. The molecule has 0 aliphatic rings. The van der Waals surface area contributed by atoms with Gasteiger partial charge in [-0.3, -0.25) is 4.99 Å². The van der Waals surface area contributed by atoms with E-state index in [1.54, 1.807) is 0 Å². The van der Waals surface area contributed by atoms with Gasteiger partial charge in [0.25, 0.3) is 0 Å². The lowest BCUT2D eigenvalue weighted by Gasteiger charge is -1.93. The summed E-state index contributed by atoms with van der Waals surface area (Å²) in [6.45, 7) is 3.39. The Morgan fingerprint density at radius 3 is 2.58 bits per heavy atom. The van der Waals surface area contributed by atoms with Crippen LogP contribution in [0.1, 0.15) is 11.1 Å². The van der Waals surface area contributed by atoms with Crippen LogP contribution < -0.4 is 5.73 Å². The van der Waals surface area contributed by atoms with E-state index in [0.29, 0.717) is 13.1 Å². The molecule has 1 aromatic rings. The Morgan fingerprint density at radius 1 is 1.33 bits per heavy atom. The molecule has 0 aromatic heterocycles. The fourth-order valence-corrected chi connectivity index (χ4v) is 0.897. The van der Waals surface area contributed by atoms with Gasteiger partial charge in [0.15, 0.2) is 0 Å². The van der Waals surface area contributed by atoms with Crippen molar-refractivity contribution in [2.24, 2.45) is 10.7 Å². The van der Waals surface area contributed by atoms with Crippen LogP contribution in [-0.2, 0) is 0 Å². The molecule has 0 aliphatic heterocycles. The number of rotatable bonds is 3. The summed E-state index contributed by atoms with van der Waals surface area (Å²) in [6.07, 6.45) is 1.85. The van der Waals surface area contributed by atoms with Crippen molar-refractivity contribution in [2.45, 2.75) is 6.92 Å². The Bertz CT molecular complexity index is 249. The third kappa shape index (κ3) is 2.84. The number of hydrogen-bond acceptors (Lipinski definition) is 2. The largest absolute Gasteiger partial charge is 0.329 e. The molecule has 2 nitrogen and oxygen atoms in total. The third-order valence-electron chi connectivity index (χ3n) is 1.58. The summed E-state index contributed by atoms with van der Waals surface area (Å²) >= 11 is 0. The topological polar surface area (TPSA) is 38.4 Å². The highest BCUT2D eigenvalue weighted by atomic mass is 14.7. The maximum absolute atomic E-state index is 5.30. The molecular formula is C10H14N2. The summed E-state index contributed by atoms with van der Waals surface area (Å²) in [6, 6.07) is 8.25. The molecule has 0 bridgehead atoms. The molecule has 0 unspecified atom stereocenters. The van der Waals surface area contributed by atoms with E-state index in [2.05, 4.69) is 36.2 Å². The number of nitrogens with two attached hydrogens (primary N) is 1. The second-order valence-corrected chi connectivity index (χ2v) is 2.73. The van der Waals surface area contributed by atoms with E-state index in [1.165, 1.54) is 5.56 Å². The highest BCUT2D eigenvalue weighted by Gasteiger charge is 1.85. The second kappa shape index (κ2) is 4.67. The zero-order valence-corrected chi connectivity index (χ0v) is 7.33. The lowest BCUT2D eigenvalue weighted by Crippen LogP contribution is -2.02. The minimum absolute atomic E-state index is 0.613. The lowest BCUT2D eigenvalue weighted by atomic mass is 10.2. The van der Waals surface area contributed by atoms with Crippen molar-refractivity contribution in [1.82, 2.24) is 0 Å². The molecule has 0 amide bonds. The number of aliphatic imine (C=N–C) groups is 1. The van der Waals surface area contributed by atoms with E-state index in [1.807, 2.05) is 6.21 Å². The van der Waals surface area contributed by atoms with E-state index in [-0.39, 0.29) is 0 Å². The van der Waals surface area contributed by atoms with Crippen LogP contribution in [0.4, 0.5) is 0 Å². The standard InChI is InChI=1S/C10H14N2/c1-9-2-4-10(5-3-9)8-12-7-6-11/h2-5,8H,6-7,11H2,1H3. The maximum Gasteiger partial charge on any atom is 0.0512 e. The highest BCUT2D eigenvalue weighted by molar-refractivity contribution is 5.79. The van der Waals surface area contributed by atoms with Crippen LogP contribution in [0, 0.1) is 6.92 Å². The second-order valence-electron chi connectivity index (χ2n) is 2.73. The van der Waals surface area contributed by atoms with Gasteiger partial charge in [0.05, 0.1) is 6.54 Å². The lowest BCUT2D eigenvalue weighted by molar-refractivity contribution is 0.980. The Kier molecular flexibility index (Phi) is 3.48. The predicted octanol–water partition coefficient (Wildman–Crippen LogP) is 1.37. The predicted molar refractivity (Wildman–Crippen MR) is 52.7 cm³/mol. The SMILES string of the molecule is Cc1ccc(C=NCCN)cc1. The van der Waals surface area contributed by atoms with Crippen molar-refractivity contribution >= 4 is 6.21 Å². The van der Waals surface area contributed by atoms with E-state index >= 15 is 0 Å². The molecular weight excluding hydrogens is 148 g/mol. The zero-order valence-electron chi connectivity index (χ0n) is 7.33. The van der Waals surface area contributed by atoms with Crippen LogP contribution >= 0.6 is 0 Å². The zero-order chi connectivity index (χ0) is 8.81. The van der Waals surface area contributed by atoms with Crippen molar-refractivity contribution in [3.8, 4) is 0 Å². The maximum atomic E-state index is 5.30. The number of hydrogen-bond donors (Lipinski definition) is 1. The first-order chi connectivity index (χ1) is 5.83. The van der Waals surface area contributed by atoms with Crippen LogP contribution in [0.5, 0.6) is 0 Å². The molecule has 2 N–H and O–H groups in total. The van der Waals surface area contributed by atoms with E-state index in [9.17, 15) is 0 Å². The summed E-state index contributed by atoms with van der Waals surface area (Å²) in [5.74, 6) is 0. The van der Waals surface area contributed by atoms with Gasteiger partial charge in [-0.15, -0.1) is 0 Å². The molecule has 0 radical (unpaired) electrons. The molecule has 0 spiro atoms. The Morgan fingerprint density at radius 2 is 2.00 bits per heavy atom. The van der Waals surface area contributed by atoms with E-state index in [4.69, 9.17) is 5.73 Å². The number of nitrogens with zero attached hydrogens (tertiary/aromatic N) is 1. The molecule has 64 valence electrons. The van der Waals surface area contributed by atoms with Gasteiger partial charge in [0, 0.05) is 12.8 Å². The molecule has 0 saturated heterocycles. The van der Waals surface area contributed by atoms with Crippen molar-refractivity contribution in [2.75, 3.05) is 13.1 Å². The van der Waals surface area contributed by atoms with Gasteiger partial charge in [-0.25, -0.2) is 0 Å². The van der Waals surface area contributed by atoms with Crippen molar-refractivity contribution in [3.05, 3.63) is 35.4 Å². The van der Waals surface area contributed by atoms with Crippen LogP contribution in [0.3, 0.4) is 0 Å². The highest BCUT2D eigenvalue weighted by Crippen LogP contribution is 1.99. The third-order valence-corrected chi connectivity index (χ3v) is 1.58. The molecule has 0 aliphatic carbocycles. The first-order valence-corrected chi connectivity index (χ1v) is 4.09. The summed E-state index contributed by atoms with van der Waals surface area (Å²) in [5.41, 5.74) is 7.71. The van der Waals surface area contributed by atoms with Crippen LogP contribution in [0.15, 0.2) is 29.3 Å². The molecule has 12 heavy (non-hydrogen) atoms. The fourth-order valence-electron chi connectivity index (χ4n) is 0.897. The fraction of sp³-hybridized carbons (Fsp3) is 0.300. The average Bonchev–Trinajstić information content (AvgIpc) is 2.09. The number of benzene rings is 1. The minimum Gasteiger partial charge on any atom is -0.329 e. The van der Waals surface area contributed by atoms with Gasteiger partial charge in [-0.05, 0) is 12.5 Å². The van der Waals surface area contributed by atoms with Gasteiger partial charge in [-0.2, -0.15) is 0 Å². The summed E-state index contributed by atoms with van der Waals surface area (Å²) in [7, 11) is 0. The van der Waals surface area contributed by atoms with Crippen molar-refractivity contribution in [1.29, 1.82) is 0 Å². The minimum atomic E-state index is 0.613. The normalized spacial score (nSPS) is 10.8. The Balaban J connectivity index is 2.58. The smallest absolute Gasteiger partial charge is 0.0512 e. The van der Waals surface area contributed by atoms with Crippen LogP contribution in [-0.4, -0.2) is 19.3 Å². The molecule has 2 heteroatoms. The van der Waals surface area contributed by atoms with Crippen molar-refractivity contribution < 1.29 is 0 Å².